The first-order valence-electron chi connectivity index (χ1n) is 6.22. The van der Waals surface area contributed by atoms with E-state index in [4.69, 9.17) is 4.74 Å². The Morgan fingerprint density at radius 3 is 2.32 bits per heavy atom. The van der Waals surface area contributed by atoms with Crippen LogP contribution in [0.3, 0.4) is 0 Å². The van der Waals surface area contributed by atoms with Crippen molar-refractivity contribution >= 4 is 12.1 Å². The number of alkyl carbamates (subject to hydrolysis) is 1. The average molecular weight is 267 g/mol. The van der Waals surface area contributed by atoms with E-state index in [1.165, 1.54) is 0 Å². The van der Waals surface area contributed by atoms with Gasteiger partial charge in [-0.2, -0.15) is 0 Å². The first kappa shape index (κ1) is 15.3. The minimum Gasteiger partial charge on any atom is -0.480 e. The van der Waals surface area contributed by atoms with E-state index in [0.717, 1.165) is 0 Å². The number of hydrogen-bond acceptors (Lipinski definition) is 3. The van der Waals surface area contributed by atoms with Crippen molar-refractivity contribution in [3.05, 3.63) is 23.9 Å². The zero-order chi connectivity index (χ0) is 14.8. The molecule has 106 valence electrons. The summed E-state index contributed by atoms with van der Waals surface area (Å²) in [4.78, 5) is 23.0. The van der Waals surface area contributed by atoms with Gasteiger partial charge in [0.25, 0.3) is 0 Å². The van der Waals surface area contributed by atoms with Gasteiger partial charge in [-0.05, 0) is 38.8 Å². The number of rotatable bonds is 3. The summed E-state index contributed by atoms with van der Waals surface area (Å²) < 4.78 is 5.12. The van der Waals surface area contributed by atoms with Gasteiger partial charge in [-0.15, -0.1) is 0 Å². The van der Waals surface area contributed by atoms with Crippen LogP contribution < -0.4 is 5.32 Å². The number of carbonyl (C=O) groups excluding carboxylic acids is 1. The second-order valence-electron chi connectivity index (χ2n) is 5.95. The Morgan fingerprint density at radius 2 is 1.95 bits per heavy atom. The highest BCUT2D eigenvalue weighted by Gasteiger charge is 2.40. The molecule has 0 heterocycles. The van der Waals surface area contributed by atoms with E-state index in [2.05, 4.69) is 5.32 Å². The number of carboxylic acids is 1. The fourth-order valence-corrected chi connectivity index (χ4v) is 1.82. The maximum absolute atomic E-state index is 11.6. The summed E-state index contributed by atoms with van der Waals surface area (Å²) in [6, 6.07) is 0. The van der Waals surface area contributed by atoms with E-state index < -0.39 is 23.1 Å². The SMILES string of the molecule is CC(C)C1(C(=O)O)C=CC(NC(=O)OC(C)(C)C)=C1. The number of carboxylic acid groups (broad SMARTS) is 1. The van der Waals surface area contributed by atoms with Gasteiger partial charge in [0.05, 0.1) is 0 Å². The van der Waals surface area contributed by atoms with Crippen molar-refractivity contribution in [2.75, 3.05) is 0 Å². The molecule has 2 N–H and O–H groups in total. The topological polar surface area (TPSA) is 75.6 Å². The standard InChI is InChI=1S/C14H21NO4/c1-9(2)14(11(16)17)7-6-10(8-14)15-12(18)19-13(3,4)5/h6-9H,1-5H3,(H,15,18)(H,16,17). The first-order valence-corrected chi connectivity index (χ1v) is 6.22. The van der Waals surface area contributed by atoms with Crippen LogP contribution >= 0.6 is 0 Å². The van der Waals surface area contributed by atoms with Crippen LogP contribution in [-0.4, -0.2) is 22.8 Å². The molecule has 0 radical (unpaired) electrons. The molecule has 1 amide bonds. The van der Waals surface area contributed by atoms with E-state index in [1.54, 1.807) is 39.0 Å². The van der Waals surface area contributed by atoms with Crippen molar-refractivity contribution in [3.63, 3.8) is 0 Å². The molecule has 0 aliphatic heterocycles. The number of amides is 1. The van der Waals surface area contributed by atoms with Crippen LogP contribution in [0.2, 0.25) is 0 Å². The third kappa shape index (κ3) is 3.59. The molecule has 1 atom stereocenters. The fourth-order valence-electron chi connectivity index (χ4n) is 1.82. The molecule has 5 heteroatoms. The van der Waals surface area contributed by atoms with Crippen LogP contribution in [-0.2, 0) is 9.53 Å². The molecule has 1 aliphatic rings. The number of ether oxygens (including phenoxy) is 1. The van der Waals surface area contributed by atoms with Crippen LogP contribution in [0.15, 0.2) is 23.9 Å². The second-order valence-corrected chi connectivity index (χ2v) is 5.95. The maximum Gasteiger partial charge on any atom is 0.412 e. The van der Waals surface area contributed by atoms with Crippen molar-refractivity contribution in [3.8, 4) is 0 Å². The predicted octanol–water partition coefficient (Wildman–Crippen LogP) is 2.69. The summed E-state index contributed by atoms with van der Waals surface area (Å²) in [5, 5.41) is 11.9. The first-order chi connectivity index (χ1) is 8.57. The van der Waals surface area contributed by atoms with Crippen molar-refractivity contribution in [1.82, 2.24) is 5.32 Å². The largest absolute Gasteiger partial charge is 0.480 e. The zero-order valence-electron chi connectivity index (χ0n) is 12.0. The van der Waals surface area contributed by atoms with Crippen LogP contribution in [0, 0.1) is 11.3 Å². The Kier molecular flexibility index (Phi) is 4.08. The van der Waals surface area contributed by atoms with Crippen molar-refractivity contribution < 1.29 is 19.4 Å². The van der Waals surface area contributed by atoms with E-state index in [0.29, 0.717) is 5.70 Å². The molecule has 19 heavy (non-hydrogen) atoms. The number of hydrogen-bond donors (Lipinski definition) is 2. The van der Waals surface area contributed by atoms with Crippen molar-refractivity contribution in [1.29, 1.82) is 0 Å². The van der Waals surface area contributed by atoms with Gasteiger partial charge in [0.2, 0.25) is 0 Å². The Hall–Kier alpha value is -1.78. The molecular formula is C14H21NO4. The Morgan fingerprint density at radius 1 is 1.37 bits per heavy atom. The Labute approximate surface area is 113 Å². The summed E-state index contributed by atoms with van der Waals surface area (Å²) >= 11 is 0. The van der Waals surface area contributed by atoms with E-state index in [9.17, 15) is 14.7 Å². The molecule has 0 bridgehead atoms. The highest BCUT2D eigenvalue weighted by Crippen LogP contribution is 2.36. The van der Waals surface area contributed by atoms with Gasteiger partial charge < -0.3 is 9.84 Å². The number of allylic oxidation sites excluding steroid dienone is 1. The van der Waals surface area contributed by atoms with Gasteiger partial charge in [-0.25, -0.2) is 4.79 Å². The highest BCUT2D eigenvalue weighted by atomic mass is 16.6. The monoisotopic (exact) mass is 267 g/mol. The van der Waals surface area contributed by atoms with Crippen molar-refractivity contribution in [2.45, 2.75) is 40.2 Å². The van der Waals surface area contributed by atoms with E-state index in [1.807, 2.05) is 13.8 Å². The lowest BCUT2D eigenvalue weighted by Crippen LogP contribution is -2.33. The van der Waals surface area contributed by atoms with Crippen LogP contribution in [0.4, 0.5) is 4.79 Å². The van der Waals surface area contributed by atoms with E-state index >= 15 is 0 Å². The van der Waals surface area contributed by atoms with Gasteiger partial charge in [0, 0.05) is 5.70 Å². The molecular weight excluding hydrogens is 246 g/mol. The number of carbonyl (C=O) groups is 2. The quantitative estimate of drug-likeness (QED) is 0.824. The molecule has 0 fully saturated rings. The Balaban J connectivity index is 2.81. The van der Waals surface area contributed by atoms with E-state index in [-0.39, 0.29) is 5.92 Å². The summed E-state index contributed by atoms with van der Waals surface area (Å²) in [7, 11) is 0. The molecule has 0 saturated carbocycles. The van der Waals surface area contributed by atoms with Crippen LogP contribution in [0.25, 0.3) is 0 Å². The van der Waals surface area contributed by atoms with Crippen LogP contribution in [0.5, 0.6) is 0 Å². The van der Waals surface area contributed by atoms with Gasteiger partial charge in [0.1, 0.15) is 11.0 Å². The fraction of sp³-hybridized carbons (Fsp3) is 0.571. The molecule has 1 unspecified atom stereocenters. The van der Waals surface area contributed by atoms with Gasteiger partial charge >= 0.3 is 12.1 Å². The predicted molar refractivity (Wildman–Crippen MR) is 71.5 cm³/mol. The lowest BCUT2D eigenvalue weighted by Gasteiger charge is -2.24. The normalized spacial score (nSPS) is 22.3. The highest BCUT2D eigenvalue weighted by molar-refractivity contribution is 5.82. The molecule has 0 spiro atoms. The molecule has 0 aromatic rings. The molecule has 1 aliphatic carbocycles. The van der Waals surface area contributed by atoms with Gasteiger partial charge in [0.15, 0.2) is 0 Å². The number of aliphatic carboxylic acids is 1. The molecule has 0 aromatic heterocycles. The lowest BCUT2D eigenvalue weighted by atomic mass is 9.79. The minimum atomic E-state index is -1.07. The summed E-state index contributed by atoms with van der Waals surface area (Å²) in [5.74, 6) is -1.04. The minimum absolute atomic E-state index is 0.112. The van der Waals surface area contributed by atoms with Gasteiger partial charge in [-0.3, -0.25) is 10.1 Å². The smallest absolute Gasteiger partial charge is 0.412 e. The zero-order valence-corrected chi connectivity index (χ0v) is 12.0. The summed E-state index contributed by atoms with van der Waals surface area (Å²) in [5.41, 5.74) is -1.20. The number of nitrogens with one attached hydrogen (secondary N) is 1. The molecule has 0 saturated heterocycles. The van der Waals surface area contributed by atoms with Crippen LogP contribution in [0.1, 0.15) is 34.6 Å². The summed E-state index contributed by atoms with van der Waals surface area (Å²) in [6.07, 6.45) is 4.14. The third-order valence-electron chi connectivity index (χ3n) is 2.90. The Bertz CT molecular complexity index is 443. The average Bonchev–Trinajstić information content (AvgIpc) is 2.59. The third-order valence-corrected chi connectivity index (χ3v) is 2.90. The summed E-state index contributed by atoms with van der Waals surface area (Å²) in [6.45, 7) is 8.94. The molecule has 1 rings (SSSR count). The molecule has 0 aromatic carbocycles. The second kappa shape index (κ2) is 5.07. The van der Waals surface area contributed by atoms with Gasteiger partial charge in [-0.1, -0.05) is 19.9 Å². The maximum atomic E-state index is 11.6. The lowest BCUT2D eigenvalue weighted by molar-refractivity contribution is -0.145. The molecule has 5 nitrogen and oxygen atoms in total. The van der Waals surface area contributed by atoms with Crippen molar-refractivity contribution in [2.24, 2.45) is 11.3 Å².